The number of fused-ring (bicyclic) bond motifs is 1. The van der Waals surface area contributed by atoms with E-state index in [1.165, 1.54) is 10.9 Å². The van der Waals surface area contributed by atoms with Gasteiger partial charge in [-0.2, -0.15) is 0 Å². The van der Waals surface area contributed by atoms with E-state index in [0.717, 1.165) is 11.8 Å². The molecule has 0 spiro atoms. The van der Waals surface area contributed by atoms with E-state index in [4.69, 9.17) is 0 Å². The van der Waals surface area contributed by atoms with Crippen LogP contribution in [0.1, 0.15) is 31.7 Å². The lowest BCUT2D eigenvalue weighted by Crippen LogP contribution is -1.90. The third-order valence-electron chi connectivity index (χ3n) is 3.03. The van der Waals surface area contributed by atoms with E-state index in [-0.39, 0.29) is 0 Å². The SMILES string of the molecule is CCC(C)c1ccc2cc(O)ccc2c1. The molecule has 1 nitrogen and oxygen atoms in total. The summed E-state index contributed by atoms with van der Waals surface area (Å²) >= 11 is 0. The maximum absolute atomic E-state index is 9.35. The number of benzene rings is 2. The molecule has 1 heteroatoms. The second-order valence-electron chi connectivity index (χ2n) is 4.10. The van der Waals surface area contributed by atoms with Gasteiger partial charge in [0.15, 0.2) is 0 Å². The molecule has 0 heterocycles. The first-order valence-electron chi connectivity index (χ1n) is 5.43. The van der Waals surface area contributed by atoms with E-state index < -0.39 is 0 Å². The lowest BCUT2D eigenvalue weighted by atomic mass is 9.96. The van der Waals surface area contributed by atoms with Crippen LogP contribution in [0, 0.1) is 0 Å². The van der Waals surface area contributed by atoms with Gasteiger partial charge in [0, 0.05) is 0 Å². The Hall–Kier alpha value is -1.50. The van der Waals surface area contributed by atoms with E-state index in [2.05, 4.69) is 32.0 Å². The fourth-order valence-corrected chi connectivity index (χ4v) is 1.79. The summed E-state index contributed by atoms with van der Waals surface area (Å²) in [6.45, 7) is 4.44. The van der Waals surface area contributed by atoms with E-state index in [1.807, 2.05) is 6.07 Å². The van der Waals surface area contributed by atoms with Crippen LogP contribution in [0.3, 0.4) is 0 Å². The topological polar surface area (TPSA) is 20.2 Å². The van der Waals surface area contributed by atoms with Gasteiger partial charge in [0.1, 0.15) is 5.75 Å². The summed E-state index contributed by atoms with van der Waals surface area (Å²) in [5.41, 5.74) is 1.37. The van der Waals surface area contributed by atoms with Crippen LogP contribution in [-0.4, -0.2) is 5.11 Å². The van der Waals surface area contributed by atoms with Crippen molar-refractivity contribution < 1.29 is 5.11 Å². The van der Waals surface area contributed by atoms with E-state index in [9.17, 15) is 5.11 Å². The van der Waals surface area contributed by atoms with Crippen LogP contribution in [0.15, 0.2) is 36.4 Å². The number of hydrogen-bond acceptors (Lipinski definition) is 1. The van der Waals surface area contributed by atoms with Crippen molar-refractivity contribution in [3.63, 3.8) is 0 Å². The zero-order valence-electron chi connectivity index (χ0n) is 9.20. The van der Waals surface area contributed by atoms with Gasteiger partial charge in [-0.15, -0.1) is 0 Å². The first-order chi connectivity index (χ1) is 7.20. The Kier molecular flexibility index (Phi) is 2.63. The maximum atomic E-state index is 9.35. The van der Waals surface area contributed by atoms with Crippen molar-refractivity contribution in [1.29, 1.82) is 0 Å². The molecule has 2 aromatic carbocycles. The molecule has 1 unspecified atom stereocenters. The number of phenols is 1. The van der Waals surface area contributed by atoms with Crippen LogP contribution in [0.2, 0.25) is 0 Å². The van der Waals surface area contributed by atoms with Gasteiger partial charge in [-0.05, 0) is 40.8 Å². The Morgan fingerprint density at radius 2 is 1.73 bits per heavy atom. The summed E-state index contributed by atoms with van der Waals surface area (Å²) in [5.74, 6) is 0.932. The highest BCUT2D eigenvalue weighted by molar-refractivity contribution is 5.84. The second-order valence-corrected chi connectivity index (χ2v) is 4.10. The van der Waals surface area contributed by atoms with E-state index in [1.54, 1.807) is 12.1 Å². The maximum Gasteiger partial charge on any atom is 0.116 e. The first kappa shape index (κ1) is 10.0. The lowest BCUT2D eigenvalue weighted by molar-refractivity contribution is 0.476. The van der Waals surface area contributed by atoms with Gasteiger partial charge < -0.3 is 5.11 Å². The molecular weight excluding hydrogens is 184 g/mol. The molecule has 0 aliphatic heterocycles. The Balaban J connectivity index is 2.52. The molecule has 0 amide bonds. The quantitative estimate of drug-likeness (QED) is 0.775. The van der Waals surface area contributed by atoms with Crippen LogP contribution >= 0.6 is 0 Å². The number of phenolic OH excluding ortho intramolecular Hbond substituents is 1. The molecule has 1 N–H and O–H groups in total. The van der Waals surface area contributed by atoms with Gasteiger partial charge in [0.25, 0.3) is 0 Å². The molecule has 0 aliphatic rings. The van der Waals surface area contributed by atoms with Gasteiger partial charge in [0.05, 0.1) is 0 Å². The summed E-state index contributed by atoms with van der Waals surface area (Å²) in [5, 5.41) is 11.7. The highest BCUT2D eigenvalue weighted by Crippen LogP contribution is 2.25. The molecule has 2 rings (SSSR count). The smallest absolute Gasteiger partial charge is 0.116 e. The van der Waals surface area contributed by atoms with Gasteiger partial charge in [-0.25, -0.2) is 0 Å². The Labute approximate surface area is 90.4 Å². The molecule has 0 bridgehead atoms. The normalized spacial score (nSPS) is 12.9. The predicted octanol–water partition coefficient (Wildman–Crippen LogP) is 4.06. The fraction of sp³-hybridized carbons (Fsp3) is 0.286. The van der Waals surface area contributed by atoms with E-state index >= 15 is 0 Å². The summed E-state index contributed by atoms with van der Waals surface area (Å²) in [6.07, 6.45) is 1.16. The molecule has 78 valence electrons. The summed E-state index contributed by atoms with van der Waals surface area (Å²) in [4.78, 5) is 0. The highest BCUT2D eigenvalue weighted by Gasteiger charge is 2.03. The van der Waals surface area contributed by atoms with Crippen LogP contribution in [0.4, 0.5) is 0 Å². The summed E-state index contributed by atoms with van der Waals surface area (Å²) < 4.78 is 0. The molecule has 0 aromatic heterocycles. The third kappa shape index (κ3) is 1.96. The van der Waals surface area contributed by atoms with Crippen molar-refractivity contribution in [2.24, 2.45) is 0 Å². The molecular formula is C14H16O. The van der Waals surface area contributed by atoms with Gasteiger partial charge in [-0.3, -0.25) is 0 Å². The van der Waals surface area contributed by atoms with Crippen LogP contribution < -0.4 is 0 Å². The van der Waals surface area contributed by atoms with Crippen molar-refractivity contribution in [3.05, 3.63) is 42.0 Å². The molecule has 0 saturated carbocycles. The van der Waals surface area contributed by atoms with Gasteiger partial charge >= 0.3 is 0 Å². The average Bonchev–Trinajstić information content (AvgIpc) is 2.27. The Morgan fingerprint density at radius 3 is 2.47 bits per heavy atom. The molecule has 1 atom stereocenters. The average molecular weight is 200 g/mol. The number of aromatic hydroxyl groups is 1. The Morgan fingerprint density at radius 1 is 1.07 bits per heavy atom. The van der Waals surface area contributed by atoms with Crippen molar-refractivity contribution in [2.75, 3.05) is 0 Å². The summed E-state index contributed by atoms with van der Waals surface area (Å²) in [6, 6.07) is 11.9. The zero-order valence-corrected chi connectivity index (χ0v) is 9.20. The first-order valence-corrected chi connectivity index (χ1v) is 5.43. The highest BCUT2D eigenvalue weighted by atomic mass is 16.3. The van der Waals surface area contributed by atoms with Crippen molar-refractivity contribution >= 4 is 10.8 Å². The van der Waals surface area contributed by atoms with Gasteiger partial charge in [-0.1, -0.05) is 38.1 Å². The van der Waals surface area contributed by atoms with Crippen LogP contribution in [0.25, 0.3) is 10.8 Å². The standard InChI is InChI=1S/C14H16O/c1-3-10(2)11-4-5-13-9-14(15)7-6-12(13)8-11/h4-10,15H,3H2,1-2H3. The number of hydrogen-bond donors (Lipinski definition) is 1. The number of rotatable bonds is 2. The lowest BCUT2D eigenvalue weighted by Gasteiger charge is -2.09. The van der Waals surface area contributed by atoms with E-state index in [0.29, 0.717) is 11.7 Å². The second kappa shape index (κ2) is 3.93. The molecule has 0 saturated heterocycles. The van der Waals surface area contributed by atoms with Crippen molar-refractivity contribution in [2.45, 2.75) is 26.2 Å². The van der Waals surface area contributed by atoms with Crippen molar-refractivity contribution in [1.82, 2.24) is 0 Å². The Bertz CT molecular complexity index is 474. The minimum Gasteiger partial charge on any atom is -0.508 e. The zero-order chi connectivity index (χ0) is 10.8. The molecule has 2 aromatic rings. The summed E-state index contributed by atoms with van der Waals surface area (Å²) in [7, 11) is 0. The predicted molar refractivity (Wildman–Crippen MR) is 64.3 cm³/mol. The van der Waals surface area contributed by atoms with Gasteiger partial charge in [0.2, 0.25) is 0 Å². The van der Waals surface area contributed by atoms with Crippen LogP contribution in [-0.2, 0) is 0 Å². The molecule has 0 radical (unpaired) electrons. The molecule has 15 heavy (non-hydrogen) atoms. The minimum absolute atomic E-state index is 0.332. The van der Waals surface area contributed by atoms with Crippen molar-refractivity contribution in [3.8, 4) is 5.75 Å². The minimum atomic E-state index is 0.332. The third-order valence-corrected chi connectivity index (χ3v) is 3.03. The molecule has 0 fully saturated rings. The molecule has 0 aliphatic carbocycles. The monoisotopic (exact) mass is 200 g/mol. The van der Waals surface area contributed by atoms with Crippen LogP contribution in [0.5, 0.6) is 5.75 Å². The fourth-order valence-electron chi connectivity index (χ4n) is 1.79. The largest absolute Gasteiger partial charge is 0.508 e.